The number of amides is 1. The van der Waals surface area contributed by atoms with Gasteiger partial charge in [-0.2, -0.15) is 0 Å². The van der Waals surface area contributed by atoms with Crippen LogP contribution < -0.4 is 10.2 Å². The van der Waals surface area contributed by atoms with Gasteiger partial charge in [0.15, 0.2) is 0 Å². The molecule has 0 spiro atoms. The van der Waals surface area contributed by atoms with E-state index in [9.17, 15) is 14.9 Å². The summed E-state index contributed by atoms with van der Waals surface area (Å²) in [4.78, 5) is 33.9. The fourth-order valence-electron chi connectivity index (χ4n) is 3.93. The summed E-state index contributed by atoms with van der Waals surface area (Å²) in [6, 6.07) is 19.4. The molecule has 4 aromatic rings. The summed E-state index contributed by atoms with van der Waals surface area (Å²) >= 11 is 0. The van der Waals surface area contributed by atoms with E-state index in [1.165, 1.54) is 12.1 Å². The molecule has 2 heterocycles. The van der Waals surface area contributed by atoms with E-state index in [1.54, 1.807) is 12.1 Å². The first-order valence-corrected chi connectivity index (χ1v) is 10.6. The molecule has 166 valence electrons. The second-order valence-corrected chi connectivity index (χ2v) is 7.70. The van der Waals surface area contributed by atoms with E-state index in [0.717, 1.165) is 16.6 Å². The second-order valence-electron chi connectivity index (χ2n) is 7.70. The summed E-state index contributed by atoms with van der Waals surface area (Å²) in [5, 5.41) is 14.2. The number of imidazole rings is 1. The van der Waals surface area contributed by atoms with Crippen molar-refractivity contribution in [2.45, 2.75) is 0 Å². The Morgan fingerprint density at radius 1 is 1.06 bits per heavy atom. The number of nitro benzene ring substituents is 1. The number of fused-ring (bicyclic) bond motifs is 1. The maximum absolute atomic E-state index is 13.2. The van der Waals surface area contributed by atoms with E-state index >= 15 is 0 Å². The van der Waals surface area contributed by atoms with Crippen molar-refractivity contribution >= 4 is 34.0 Å². The third-order valence-corrected chi connectivity index (χ3v) is 5.57. The number of aromatic amines is 1. The van der Waals surface area contributed by atoms with Crippen LogP contribution in [0.5, 0.6) is 0 Å². The van der Waals surface area contributed by atoms with Crippen LogP contribution in [0.25, 0.3) is 22.4 Å². The topological polar surface area (TPSA) is 113 Å². The molecule has 0 saturated carbocycles. The molecule has 2 N–H and O–H groups in total. The largest absolute Gasteiger partial charge is 0.378 e. The number of rotatable bonds is 5. The van der Waals surface area contributed by atoms with Crippen molar-refractivity contribution in [2.75, 3.05) is 36.5 Å². The van der Waals surface area contributed by atoms with Crippen LogP contribution in [0, 0.1) is 10.1 Å². The van der Waals surface area contributed by atoms with Crippen LogP contribution in [0.15, 0.2) is 66.7 Å². The molecule has 1 amide bonds. The number of H-pyrrole nitrogens is 1. The van der Waals surface area contributed by atoms with Gasteiger partial charge >= 0.3 is 0 Å². The number of carbonyl (C=O) groups excluding carboxylic acids is 1. The number of hydrogen-bond acceptors (Lipinski definition) is 6. The maximum Gasteiger partial charge on any atom is 0.270 e. The highest BCUT2D eigenvalue weighted by molar-refractivity contribution is 6.08. The van der Waals surface area contributed by atoms with Crippen LogP contribution in [0.1, 0.15) is 10.4 Å². The number of ether oxygens (including phenoxy) is 1. The Labute approximate surface area is 189 Å². The fourth-order valence-corrected chi connectivity index (χ4v) is 3.93. The first kappa shape index (κ1) is 20.7. The number of para-hydroxylation sites is 2. The Morgan fingerprint density at radius 3 is 2.67 bits per heavy atom. The molecule has 0 radical (unpaired) electrons. The summed E-state index contributed by atoms with van der Waals surface area (Å²) in [5.41, 5.74) is 3.93. The molecule has 0 aliphatic carbocycles. The molecule has 0 atom stereocenters. The Balaban J connectivity index is 1.45. The molecule has 1 aliphatic rings. The molecule has 33 heavy (non-hydrogen) atoms. The van der Waals surface area contributed by atoms with Gasteiger partial charge in [-0.05, 0) is 30.3 Å². The van der Waals surface area contributed by atoms with Crippen molar-refractivity contribution in [1.82, 2.24) is 9.97 Å². The Bertz CT molecular complexity index is 1310. The van der Waals surface area contributed by atoms with Gasteiger partial charge in [0.05, 0.1) is 40.4 Å². The molecule has 5 rings (SSSR count). The normalized spacial score (nSPS) is 13.8. The first-order valence-electron chi connectivity index (χ1n) is 10.6. The number of non-ortho nitro benzene ring substituents is 1. The molecule has 0 bridgehead atoms. The minimum atomic E-state index is -0.498. The maximum atomic E-state index is 13.2. The molecular formula is C24H21N5O4. The molecule has 1 aliphatic heterocycles. The van der Waals surface area contributed by atoms with E-state index in [0.29, 0.717) is 43.5 Å². The minimum absolute atomic E-state index is 0.131. The molecular weight excluding hydrogens is 422 g/mol. The highest BCUT2D eigenvalue weighted by atomic mass is 16.6. The molecule has 9 heteroatoms. The van der Waals surface area contributed by atoms with Gasteiger partial charge in [0.1, 0.15) is 5.82 Å². The number of hydrogen-bond donors (Lipinski definition) is 2. The zero-order valence-electron chi connectivity index (χ0n) is 17.7. The van der Waals surface area contributed by atoms with Crippen molar-refractivity contribution in [3.63, 3.8) is 0 Å². The summed E-state index contributed by atoms with van der Waals surface area (Å²) in [5.74, 6) is 0.276. The van der Waals surface area contributed by atoms with E-state index in [2.05, 4.69) is 15.3 Å². The number of morpholine rings is 1. The lowest BCUT2D eigenvalue weighted by Gasteiger charge is -2.30. The minimum Gasteiger partial charge on any atom is -0.378 e. The van der Waals surface area contributed by atoms with Gasteiger partial charge in [0, 0.05) is 36.5 Å². The highest BCUT2D eigenvalue weighted by Gasteiger charge is 2.22. The molecule has 0 unspecified atom stereocenters. The number of benzene rings is 3. The van der Waals surface area contributed by atoms with Gasteiger partial charge < -0.3 is 19.9 Å². The third-order valence-electron chi connectivity index (χ3n) is 5.57. The van der Waals surface area contributed by atoms with E-state index in [1.807, 2.05) is 47.4 Å². The van der Waals surface area contributed by atoms with E-state index in [4.69, 9.17) is 4.74 Å². The number of aromatic nitrogens is 2. The number of nitrogens with zero attached hydrogens (tertiary/aromatic N) is 3. The van der Waals surface area contributed by atoms with Gasteiger partial charge in [-0.1, -0.05) is 24.3 Å². The Hall–Kier alpha value is -4.24. The van der Waals surface area contributed by atoms with Crippen molar-refractivity contribution in [3.8, 4) is 11.4 Å². The van der Waals surface area contributed by atoms with Crippen molar-refractivity contribution in [3.05, 3.63) is 82.4 Å². The summed E-state index contributed by atoms with van der Waals surface area (Å²) < 4.78 is 5.40. The van der Waals surface area contributed by atoms with Crippen molar-refractivity contribution in [2.24, 2.45) is 0 Å². The SMILES string of the molecule is O=C(Nc1cccc(-c2nc3ccccc3[nH]2)c1)c1cc([N+](=O)[O-])ccc1N1CCOCC1. The zero-order valence-corrected chi connectivity index (χ0v) is 17.7. The molecule has 9 nitrogen and oxygen atoms in total. The van der Waals surface area contributed by atoms with Gasteiger partial charge in [-0.3, -0.25) is 14.9 Å². The van der Waals surface area contributed by atoms with Crippen LogP contribution in [0.2, 0.25) is 0 Å². The molecule has 1 aromatic heterocycles. The van der Waals surface area contributed by atoms with Gasteiger partial charge in [0.25, 0.3) is 11.6 Å². The first-order chi connectivity index (χ1) is 16.1. The molecule has 1 saturated heterocycles. The van der Waals surface area contributed by atoms with Gasteiger partial charge in [-0.25, -0.2) is 4.98 Å². The highest BCUT2D eigenvalue weighted by Crippen LogP contribution is 2.28. The van der Waals surface area contributed by atoms with Crippen LogP contribution in [-0.2, 0) is 4.74 Å². The monoisotopic (exact) mass is 443 g/mol. The van der Waals surface area contributed by atoms with Gasteiger partial charge in [0.2, 0.25) is 0 Å². The zero-order chi connectivity index (χ0) is 22.8. The van der Waals surface area contributed by atoms with E-state index < -0.39 is 10.8 Å². The second kappa shape index (κ2) is 8.71. The van der Waals surface area contributed by atoms with Crippen LogP contribution >= 0.6 is 0 Å². The smallest absolute Gasteiger partial charge is 0.270 e. The number of nitro groups is 1. The summed E-state index contributed by atoms with van der Waals surface area (Å²) in [6.45, 7) is 2.30. The number of anilines is 2. The average Bonchev–Trinajstić information content (AvgIpc) is 3.29. The molecule has 3 aromatic carbocycles. The van der Waals surface area contributed by atoms with Gasteiger partial charge in [-0.15, -0.1) is 0 Å². The predicted molar refractivity (Wildman–Crippen MR) is 126 cm³/mol. The van der Waals surface area contributed by atoms with E-state index in [-0.39, 0.29) is 11.3 Å². The lowest BCUT2D eigenvalue weighted by molar-refractivity contribution is -0.384. The Morgan fingerprint density at radius 2 is 1.88 bits per heavy atom. The average molecular weight is 443 g/mol. The van der Waals surface area contributed by atoms with Crippen LogP contribution in [0.3, 0.4) is 0 Å². The predicted octanol–water partition coefficient (Wildman–Crippen LogP) is 4.23. The summed E-state index contributed by atoms with van der Waals surface area (Å²) in [6.07, 6.45) is 0. The lowest BCUT2D eigenvalue weighted by atomic mass is 10.1. The van der Waals surface area contributed by atoms with Crippen LogP contribution in [0.4, 0.5) is 17.1 Å². The fraction of sp³-hybridized carbons (Fsp3) is 0.167. The standard InChI is InChI=1S/C24H21N5O4/c30-24(19-15-18(29(31)32)8-9-22(19)28-10-12-33-13-11-28)25-17-5-3-4-16(14-17)23-26-20-6-1-2-7-21(20)27-23/h1-9,14-15H,10-13H2,(H,25,30)(H,26,27). The van der Waals surface area contributed by atoms with Crippen LogP contribution in [-0.4, -0.2) is 47.1 Å². The molecule has 1 fully saturated rings. The van der Waals surface area contributed by atoms with Crippen molar-refractivity contribution < 1.29 is 14.5 Å². The third kappa shape index (κ3) is 4.26. The quantitative estimate of drug-likeness (QED) is 0.353. The Kier molecular flexibility index (Phi) is 5.45. The summed E-state index contributed by atoms with van der Waals surface area (Å²) in [7, 11) is 0. The number of nitrogens with one attached hydrogen (secondary N) is 2. The lowest BCUT2D eigenvalue weighted by Crippen LogP contribution is -2.37. The van der Waals surface area contributed by atoms with Crippen molar-refractivity contribution in [1.29, 1.82) is 0 Å². The number of carbonyl (C=O) groups is 1.